The zero-order valence-electron chi connectivity index (χ0n) is 17.7. The average molecular weight is 391 g/mol. The second kappa shape index (κ2) is 11.1. The van der Waals surface area contributed by atoms with Crippen molar-refractivity contribution in [3.63, 3.8) is 0 Å². The molecule has 2 amide bonds. The normalized spacial score (nSPS) is 15.1. The molecule has 0 radical (unpaired) electrons. The molecule has 1 aromatic carbocycles. The highest BCUT2D eigenvalue weighted by Crippen LogP contribution is 2.19. The van der Waals surface area contributed by atoms with Crippen molar-refractivity contribution >= 4 is 17.5 Å². The van der Waals surface area contributed by atoms with Crippen LogP contribution in [-0.2, 0) is 14.3 Å². The van der Waals surface area contributed by atoms with Gasteiger partial charge in [0.15, 0.2) is 0 Å². The largest absolute Gasteiger partial charge is 0.385 e. The molecule has 0 unspecified atom stereocenters. The number of carbonyl (C=O) groups is 2. The Morgan fingerprint density at radius 2 is 1.79 bits per heavy atom. The Morgan fingerprint density at radius 3 is 2.39 bits per heavy atom. The first-order valence-corrected chi connectivity index (χ1v) is 9.94. The monoisotopic (exact) mass is 390 g/mol. The number of rotatable bonds is 9. The van der Waals surface area contributed by atoms with Crippen LogP contribution in [0.25, 0.3) is 0 Å². The van der Waals surface area contributed by atoms with Crippen LogP contribution in [0.15, 0.2) is 18.2 Å². The Kier molecular flexibility index (Phi) is 8.89. The van der Waals surface area contributed by atoms with Crippen LogP contribution >= 0.6 is 0 Å². The number of ether oxygens (including phenoxy) is 1. The number of nitrogens with one attached hydrogen (secondary N) is 1. The Bertz CT molecular complexity index is 637. The van der Waals surface area contributed by atoms with E-state index < -0.39 is 0 Å². The molecule has 1 saturated heterocycles. The lowest BCUT2D eigenvalue weighted by atomic mass is 10.1. The van der Waals surface area contributed by atoms with Gasteiger partial charge in [0, 0.05) is 52.1 Å². The number of nitrogens with zero attached hydrogens (tertiary/aromatic N) is 3. The molecule has 0 bridgehead atoms. The smallest absolute Gasteiger partial charge is 0.238 e. The van der Waals surface area contributed by atoms with E-state index in [2.05, 4.69) is 10.2 Å². The minimum Gasteiger partial charge on any atom is -0.385 e. The van der Waals surface area contributed by atoms with Crippen molar-refractivity contribution in [2.24, 2.45) is 0 Å². The molecule has 1 N–H and O–H groups in total. The zero-order valence-corrected chi connectivity index (χ0v) is 17.7. The molecule has 1 heterocycles. The van der Waals surface area contributed by atoms with Crippen molar-refractivity contribution in [2.75, 3.05) is 71.9 Å². The minimum absolute atomic E-state index is 0.00458. The molecule has 1 aliphatic rings. The van der Waals surface area contributed by atoms with Gasteiger partial charge in [0.25, 0.3) is 0 Å². The van der Waals surface area contributed by atoms with Crippen LogP contribution in [0.1, 0.15) is 17.5 Å². The van der Waals surface area contributed by atoms with Crippen molar-refractivity contribution in [3.05, 3.63) is 29.3 Å². The highest BCUT2D eigenvalue weighted by Gasteiger charge is 2.23. The van der Waals surface area contributed by atoms with Gasteiger partial charge in [-0.15, -0.1) is 0 Å². The molecule has 7 heteroatoms. The lowest BCUT2D eigenvalue weighted by Gasteiger charge is -2.35. The van der Waals surface area contributed by atoms with Crippen LogP contribution in [0.3, 0.4) is 0 Å². The van der Waals surface area contributed by atoms with E-state index in [9.17, 15) is 9.59 Å². The summed E-state index contributed by atoms with van der Waals surface area (Å²) in [6.45, 7) is 9.11. The molecular formula is C21H34N4O3. The second-order valence-electron chi connectivity index (χ2n) is 7.56. The molecule has 0 atom stereocenters. The van der Waals surface area contributed by atoms with Gasteiger partial charge in [0.05, 0.1) is 13.1 Å². The molecule has 0 aromatic heterocycles. The standard InChI is InChI=1S/C21H34N4O3/c1-17-7-5-8-18(2)21(17)22-19(26)15-24-10-12-25(13-11-24)20(27)16-23(3)9-6-14-28-4/h5,7-8H,6,9-16H2,1-4H3,(H,22,26). The van der Waals surface area contributed by atoms with Crippen molar-refractivity contribution < 1.29 is 14.3 Å². The Balaban J connectivity index is 1.73. The van der Waals surface area contributed by atoms with Crippen LogP contribution in [0.4, 0.5) is 5.69 Å². The van der Waals surface area contributed by atoms with Crippen LogP contribution in [-0.4, -0.2) is 93.1 Å². The van der Waals surface area contributed by atoms with Gasteiger partial charge in [-0.3, -0.25) is 19.4 Å². The molecular weight excluding hydrogens is 356 g/mol. The molecule has 2 rings (SSSR count). The maximum absolute atomic E-state index is 12.4. The molecule has 0 aliphatic carbocycles. The van der Waals surface area contributed by atoms with Gasteiger partial charge in [-0.25, -0.2) is 0 Å². The number of carbonyl (C=O) groups excluding carboxylic acids is 2. The predicted octanol–water partition coefficient (Wildman–Crippen LogP) is 1.35. The van der Waals surface area contributed by atoms with Crippen molar-refractivity contribution in [1.29, 1.82) is 0 Å². The predicted molar refractivity (Wildman–Crippen MR) is 112 cm³/mol. The summed E-state index contributed by atoms with van der Waals surface area (Å²) in [6.07, 6.45) is 0.920. The van der Waals surface area contributed by atoms with E-state index in [0.29, 0.717) is 32.8 Å². The molecule has 156 valence electrons. The lowest BCUT2D eigenvalue weighted by Crippen LogP contribution is -2.52. The van der Waals surface area contributed by atoms with Crippen LogP contribution in [0, 0.1) is 13.8 Å². The summed E-state index contributed by atoms with van der Waals surface area (Å²) in [5.41, 5.74) is 3.04. The van der Waals surface area contributed by atoms with Crippen LogP contribution in [0.5, 0.6) is 0 Å². The topological polar surface area (TPSA) is 65.1 Å². The number of para-hydroxylation sites is 1. The number of hydrogen-bond donors (Lipinski definition) is 1. The van der Waals surface area contributed by atoms with E-state index in [0.717, 1.165) is 42.9 Å². The third-order valence-electron chi connectivity index (χ3n) is 5.13. The fraction of sp³-hybridized carbons (Fsp3) is 0.619. The van der Waals surface area contributed by atoms with Crippen molar-refractivity contribution in [3.8, 4) is 0 Å². The molecule has 28 heavy (non-hydrogen) atoms. The first-order chi connectivity index (χ1) is 13.4. The highest BCUT2D eigenvalue weighted by molar-refractivity contribution is 5.93. The number of likely N-dealkylation sites (N-methyl/N-ethyl adjacent to an activating group) is 1. The van der Waals surface area contributed by atoms with Gasteiger partial charge in [-0.1, -0.05) is 18.2 Å². The number of methoxy groups -OCH3 is 1. The number of anilines is 1. The first-order valence-electron chi connectivity index (χ1n) is 9.94. The summed E-state index contributed by atoms with van der Waals surface area (Å²) >= 11 is 0. The lowest BCUT2D eigenvalue weighted by molar-refractivity contribution is -0.134. The van der Waals surface area contributed by atoms with Crippen LogP contribution < -0.4 is 5.32 Å². The minimum atomic E-state index is -0.00458. The van der Waals surface area contributed by atoms with Gasteiger partial charge >= 0.3 is 0 Å². The molecule has 1 aromatic rings. The number of hydrogen-bond acceptors (Lipinski definition) is 5. The van der Waals surface area contributed by atoms with Gasteiger partial charge in [-0.2, -0.15) is 0 Å². The quantitative estimate of drug-likeness (QED) is 0.645. The Labute approximate surface area is 168 Å². The number of piperazine rings is 1. The van der Waals surface area contributed by atoms with Gasteiger partial charge < -0.3 is 15.0 Å². The SMILES string of the molecule is COCCCN(C)CC(=O)N1CCN(CC(=O)Nc2c(C)cccc2C)CC1. The van der Waals surface area contributed by atoms with E-state index in [4.69, 9.17) is 4.74 Å². The number of amides is 2. The van der Waals surface area contributed by atoms with Crippen molar-refractivity contribution in [2.45, 2.75) is 20.3 Å². The Morgan fingerprint density at radius 1 is 1.14 bits per heavy atom. The summed E-state index contributed by atoms with van der Waals surface area (Å²) in [5, 5.41) is 3.03. The van der Waals surface area contributed by atoms with E-state index in [1.807, 2.05) is 48.9 Å². The zero-order chi connectivity index (χ0) is 20.5. The molecule has 1 aliphatic heterocycles. The molecule has 7 nitrogen and oxygen atoms in total. The summed E-state index contributed by atoms with van der Waals surface area (Å²) in [6, 6.07) is 5.99. The van der Waals surface area contributed by atoms with Crippen molar-refractivity contribution in [1.82, 2.24) is 14.7 Å². The summed E-state index contributed by atoms with van der Waals surface area (Å²) in [5.74, 6) is 0.148. The fourth-order valence-electron chi connectivity index (χ4n) is 3.44. The van der Waals surface area contributed by atoms with Gasteiger partial charge in [0.1, 0.15) is 0 Å². The average Bonchev–Trinajstić information content (AvgIpc) is 2.65. The summed E-state index contributed by atoms with van der Waals surface area (Å²) < 4.78 is 5.05. The van der Waals surface area contributed by atoms with Gasteiger partial charge in [0.2, 0.25) is 11.8 Å². The van der Waals surface area contributed by atoms with E-state index in [-0.39, 0.29) is 11.8 Å². The summed E-state index contributed by atoms with van der Waals surface area (Å²) in [7, 11) is 3.65. The highest BCUT2D eigenvalue weighted by atomic mass is 16.5. The van der Waals surface area contributed by atoms with Gasteiger partial charge in [-0.05, 0) is 38.4 Å². The maximum atomic E-state index is 12.4. The third-order valence-corrected chi connectivity index (χ3v) is 5.13. The molecule has 0 spiro atoms. The third kappa shape index (κ3) is 6.89. The maximum Gasteiger partial charge on any atom is 0.238 e. The van der Waals surface area contributed by atoms with E-state index in [1.165, 1.54) is 0 Å². The summed E-state index contributed by atoms with van der Waals surface area (Å²) in [4.78, 5) is 30.9. The second-order valence-corrected chi connectivity index (χ2v) is 7.56. The van der Waals surface area contributed by atoms with Crippen LogP contribution in [0.2, 0.25) is 0 Å². The number of benzene rings is 1. The first kappa shape index (κ1) is 22.3. The molecule has 1 fully saturated rings. The fourth-order valence-corrected chi connectivity index (χ4v) is 3.44. The van der Waals surface area contributed by atoms with E-state index in [1.54, 1.807) is 7.11 Å². The molecule has 0 saturated carbocycles. The number of aryl methyl sites for hydroxylation is 2. The Hall–Kier alpha value is -1.96. The van der Waals surface area contributed by atoms with E-state index >= 15 is 0 Å².